The van der Waals surface area contributed by atoms with Gasteiger partial charge in [-0.25, -0.2) is 14.8 Å². The minimum atomic E-state index is -1.26. The van der Waals surface area contributed by atoms with Gasteiger partial charge in [0.1, 0.15) is 11.5 Å². The third kappa shape index (κ3) is 3.47. The van der Waals surface area contributed by atoms with E-state index in [4.69, 9.17) is 14.3 Å². The third-order valence-electron chi connectivity index (χ3n) is 6.59. The quantitative estimate of drug-likeness (QED) is 0.523. The lowest BCUT2D eigenvalue weighted by atomic mass is 9.87. The molecule has 3 aromatic carbocycles. The first-order valence-corrected chi connectivity index (χ1v) is 11.3. The number of amides is 2. The number of aromatic carboxylic acids is 1. The average Bonchev–Trinajstić information content (AvgIpc) is 3.39. The van der Waals surface area contributed by atoms with Crippen molar-refractivity contribution in [2.45, 2.75) is 19.1 Å². The predicted molar refractivity (Wildman–Crippen MR) is 130 cm³/mol. The molecule has 0 aliphatic carbocycles. The van der Waals surface area contributed by atoms with E-state index >= 15 is 0 Å². The van der Waals surface area contributed by atoms with Crippen LogP contribution in [0.25, 0.3) is 0 Å². The van der Waals surface area contributed by atoms with Crippen molar-refractivity contribution in [2.24, 2.45) is 5.92 Å². The van der Waals surface area contributed by atoms with E-state index in [1.807, 2.05) is 25.1 Å². The van der Waals surface area contributed by atoms with E-state index in [0.29, 0.717) is 11.4 Å². The summed E-state index contributed by atoms with van der Waals surface area (Å²) < 4.78 is 10.7. The molecule has 2 aliphatic heterocycles. The van der Waals surface area contributed by atoms with Crippen LogP contribution in [0.4, 0.5) is 11.4 Å². The maximum absolute atomic E-state index is 13.9. The summed E-state index contributed by atoms with van der Waals surface area (Å²) in [6, 6.07) is 18.3. The van der Waals surface area contributed by atoms with E-state index in [1.54, 1.807) is 48.5 Å². The van der Waals surface area contributed by atoms with Gasteiger partial charge < -0.3 is 14.6 Å². The highest BCUT2D eigenvalue weighted by Gasteiger charge is 2.61. The lowest BCUT2D eigenvalue weighted by molar-refractivity contribution is -0.126. The number of hydrogen-bond donors (Lipinski definition) is 1. The highest BCUT2D eigenvalue weighted by Crippen LogP contribution is 2.50. The third-order valence-corrected chi connectivity index (χ3v) is 6.59. The van der Waals surface area contributed by atoms with Crippen molar-refractivity contribution < 1.29 is 33.8 Å². The fourth-order valence-electron chi connectivity index (χ4n) is 4.99. The molecule has 3 aromatic rings. The molecular weight excluding hydrogens is 464 g/mol. The minimum Gasteiger partial charge on any atom is -0.493 e. The van der Waals surface area contributed by atoms with Crippen LogP contribution in [0.1, 0.15) is 27.5 Å². The van der Waals surface area contributed by atoms with Gasteiger partial charge in [0, 0.05) is 0 Å². The van der Waals surface area contributed by atoms with Gasteiger partial charge in [-0.05, 0) is 42.3 Å². The van der Waals surface area contributed by atoms with E-state index in [2.05, 4.69) is 0 Å². The molecule has 2 aliphatic rings. The largest absolute Gasteiger partial charge is 0.493 e. The van der Waals surface area contributed by atoms with Crippen molar-refractivity contribution in [2.75, 3.05) is 24.2 Å². The number of hydroxylamine groups is 1. The van der Waals surface area contributed by atoms with E-state index in [9.17, 15) is 19.5 Å². The van der Waals surface area contributed by atoms with Crippen LogP contribution in [0.2, 0.25) is 0 Å². The topological polar surface area (TPSA) is 106 Å². The second-order valence-electron chi connectivity index (χ2n) is 8.53. The molecule has 184 valence electrons. The first kappa shape index (κ1) is 23.4. The number of carbonyl (C=O) groups is 3. The molecule has 0 saturated carbocycles. The number of carboxylic acid groups (broad SMARTS) is 1. The lowest BCUT2D eigenvalue weighted by Crippen LogP contribution is -2.38. The molecule has 0 radical (unpaired) electrons. The van der Waals surface area contributed by atoms with Gasteiger partial charge in [0.2, 0.25) is 5.91 Å². The normalized spacial score (nSPS) is 21.0. The highest BCUT2D eigenvalue weighted by molar-refractivity contribution is 6.24. The SMILES string of the molecule is COc1ccc([C@@H]2[C@@H]3C(=O)N(c4ccccc4C)C(=O)[C@H]3ON2c2ccccc2)c(C(=O)O)c1OC. The van der Waals surface area contributed by atoms with Crippen molar-refractivity contribution >= 4 is 29.2 Å². The van der Waals surface area contributed by atoms with Crippen LogP contribution in [0.3, 0.4) is 0 Å². The maximum atomic E-state index is 13.9. The number of imide groups is 1. The Bertz CT molecular complexity index is 1360. The zero-order valence-electron chi connectivity index (χ0n) is 19.9. The Morgan fingerprint density at radius 3 is 2.25 bits per heavy atom. The summed E-state index contributed by atoms with van der Waals surface area (Å²) in [7, 11) is 2.76. The highest BCUT2D eigenvalue weighted by atomic mass is 16.7. The summed E-state index contributed by atoms with van der Waals surface area (Å²) >= 11 is 0. The van der Waals surface area contributed by atoms with Gasteiger partial charge in [-0.1, -0.05) is 42.5 Å². The van der Waals surface area contributed by atoms with Crippen LogP contribution in [-0.2, 0) is 14.4 Å². The summed E-state index contributed by atoms with van der Waals surface area (Å²) in [5, 5.41) is 11.6. The minimum absolute atomic E-state index is 0.0199. The van der Waals surface area contributed by atoms with Crippen LogP contribution in [0.15, 0.2) is 66.7 Å². The number of fused-ring (bicyclic) bond motifs is 1. The van der Waals surface area contributed by atoms with Crippen molar-refractivity contribution in [3.63, 3.8) is 0 Å². The van der Waals surface area contributed by atoms with E-state index < -0.39 is 35.8 Å². The molecule has 3 atom stereocenters. The number of rotatable bonds is 6. The molecule has 0 bridgehead atoms. The number of nitrogens with zero attached hydrogens (tertiary/aromatic N) is 2. The van der Waals surface area contributed by atoms with Crippen molar-refractivity contribution in [1.29, 1.82) is 0 Å². The molecule has 0 aromatic heterocycles. The average molecular weight is 488 g/mol. The van der Waals surface area contributed by atoms with Crippen LogP contribution in [-0.4, -0.2) is 43.2 Å². The van der Waals surface area contributed by atoms with Crippen molar-refractivity contribution in [3.05, 3.63) is 83.4 Å². The van der Waals surface area contributed by atoms with Gasteiger partial charge in [0.05, 0.1) is 31.6 Å². The van der Waals surface area contributed by atoms with Crippen LogP contribution in [0.5, 0.6) is 11.5 Å². The second kappa shape index (κ2) is 9.01. The molecule has 2 saturated heterocycles. The van der Waals surface area contributed by atoms with E-state index in [0.717, 1.165) is 10.5 Å². The Balaban J connectivity index is 1.70. The zero-order chi connectivity index (χ0) is 25.6. The standard InChI is InChI=1S/C27H24N2O7/c1-15-9-7-8-12-18(15)28-25(30)21-22(17-13-14-19(34-2)23(35-3)20(17)27(32)33)29(36-24(21)26(28)31)16-10-5-4-6-11-16/h4-14,21-22,24H,1-3H3,(H,32,33)/t21-,22+,24-/m0/s1. The molecule has 36 heavy (non-hydrogen) atoms. The van der Waals surface area contributed by atoms with Crippen molar-refractivity contribution in [1.82, 2.24) is 0 Å². The Hall–Kier alpha value is -4.37. The molecule has 9 nitrogen and oxygen atoms in total. The Morgan fingerprint density at radius 2 is 1.61 bits per heavy atom. The zero-order valence-corrected chi connectivity index (χ0v) is 19.9. The van der Waals surface area contributed by atoms with Crippen LogP contribution < -0.4 is 19.4 Å². The Morgan fingerprint density at radius 1 is 0.917 bits per heavy atom. The number of methoxy groups -OCH3 is 2. The first-order chi connectivity index (χ1) is 17.4. The fraction of sp³-hybridized carbons (Fsp3) is 0.222. The van der Waals surface area contributed by atoms with Gasteiger partial charge in [-0.3, -0.25) is 14.4 Å². The summed E-state index contributed by atoms with van der Waals surface area (Å²) in [6.45, 7) is 1.81. The number of ether oxygens (including phenoxy) is 2. The van der Waals surface area contributed by atoms with Gasteiger partial charge in [0.15, 0.2) is 17.6 Å². The number of hydrogen-bond acceptors (Lipinski definition) is 7. The van der Waals surface area contributed by atoms with Gasteiger partial charge in [-0.15, -0.1) is 0 Å². The molecule has 5 rings (SSSR count). The summed E-state index contributed by atoms with van der Waals surface area (Å²) in [5.41, 5.74) is 1.91. The fourth-order valence-corrected chi connectivity index (χ4v) is 4.99. The summed E-state index contributed by atoms with van der Waals surface area (Å²) in [4.78, 5) is 47.2. The van der Waals surface area contributed by atoms with Crippen molar-refractivity contribution in [3.8, 4) is 11.5 Å². The summed E-state index contributed by atoms with van der Waals surface area (Å²) in [6.07, 6.45) is -1.13. The second-order valence-corrected chi connectivity index (χ2v) is 8.53. The van der Waals surface area contributed by atoms with Crippen LogP contribution in [0, 0.1) is 12.8 Å². The maximum Gasteiger partial charge on any atom is 0.339 e. The molecule has 2 amide bonds. The van der Waals surface area contributed by atoms with E-state index in [-0.39, 0.29) is 22.6 Å². The van der Waals surface area contributed by atoms with Crippen LogP contribution >= 0.6 is 0 Å². The van der Waals surface area contributed by atoms with Gasteiger partial charge in [-0.2, -0.15) is 0 Å². The number of carboxylic acids is 1. The first-order valence-electron chi connectivity index (χ1n) is 11.3. The number of anilines is 2. The number of aryl methyl sites for hydroxylation is 1. The smallest absolute Gasteiger partial charge is 0.339 e. The molecule has 9 heteroatoms. The Labute approximate surface area is 207 Å². The lowest BCUT2D eigenvalue weighted by Gasteiger charge is -2.30. The monoisotopic (exact) mass is 488 g/mol. The molecule has 2 fully saturated rings. The van der Waals surface area contributed by atoms with Gasteiger partial charge >= 0.3 is 5.97 Å². The van der Waals surface area contributed by atoms with E-state index in [1.165, 1.54) is 19.3 Å². The molecule has 1 N–H and O–H groups in total. The number of benzene rings is 3. The summed E-state index contributed by atoms with van der Waals surface area (Å²) in [5.74, 6) is -2.96. The molecular formula is C27H24N2O7. The van der Waals surface area contributed by atoms with Gasteiger partial charge in [0.25, 0.3) is 5.91 Å². The molecule has 2 heterocycles. The molecule has 0 spiro atoms. The molecule has 0 unspecified atom stereocenters. The number of carbonyl (C=O) groups excluding carboxylic acids is 2. The predicted octanol–water partition coefficient (Wildman–Crippen LogP) is 3.76. The Kier molecular flexibility index (Phi) is 5.85. The number of para-hydroxylation sites is 2.